The van der Waals surface area contributed by atoms with Gasteiger partial charge >= 0.3 is 12.0 Å². The third-order valence-corrected chi connectivity index (χ3v) is 4.13. The third-order valence-electron chi connectivity index (χ3n) is 2.93. The highest BCUT2D eigenvalue weighted by molar-refractivity contribution is 7.09. The minimum absolute atomic E-state index is 0.142. The van der Waals surface area contributed by atoms with Gasteiger partial charge in [-0.05, 0) is 6.92 Å². The highest BCUT2D eigenvalue weighted by Gasteiger charge is 2.18. The molecule has 0 aromatic carbocycles. The van der Waals surface area contributed by atoms with E-state index in [-0.39, 0.29) is 18.5 Å². The molecule has 0 radical (unpaired) electrons. The Kier molecular flexibility index (Phi) is 5.94. The van der Waals surface area contributed by atoms with E-state index in [1.54, 1.807) is 25.3 Å². The van der Waals surface area contributed by atoms with Crippen LogP contribution in [0.5, 0.6) is 0 Å². The van der Waals surface area contributed by atoms with Gasteiger partial charge in [0.05, 0.1) is 10.9 Å². The first kappa shape index (κ1) is 16.4. The first-order valence-electron chi connectivity index (χ1n) is 6.45. The van der Waals surface area contributed by atoms with Gasteiger partial charge in [0, 0.05) is 37.1 Å². The summed E-state index contributed by atoms with van der Waals surface area (Å²) in [6.45, 7) is 6.18. The second-order valence-electron chi connectivity index (χ2n) is 5.03. The molecule has 2 unspecified atom stereocenters. The largest absolute Gasteiger partial charge is 0.481 e. The Bertz CT molecular complexity index is 475. The normalized spacial score (nSPS) is 13.6. The summed E-state index contributed by atoms with van der Waals surface area (Å²) in [5.41, 5.74) is 0.982. The summed E-state index contributed by atoms with van der Waals surface area (Å²) in [4.78, 5) is 28.4. The van der Waals surface area contributed by atoms with Crippen molar-refractivity contribution >= 4 is 23.3 Å². The van der Waals surface area contributed by atoms with Crippen LogP contribution in [0.4, 0.5) is 4.79 Å². The second kappa shape index (κ2) is 7.23. The minimum Gasteiger partial charge on any atom is -0.481 e. The Balaban J connectivity index is 2.40. The Hall–Kier alpha value is -1.63. The molecule has 0 saturated carbocycles. The van der Waals surface area contributed by atoms with Gasteiger partial charge in [-0.25, -0.2) is 9.78 Å². The third kappa shape index (κ3) is 4.80. The van der Waals surface area contributed by atoms with Crippen molar-refractivity contribution in [2.45, 2.75) is 26.7 Å². The van der Waals surface area contributed by atoms with Crippen molar-refractivity contribution in [1.29, 1.82) is 0 Å². The van der Waals surface area contributed by atoms with Gasteiger partial charge in [-0.1, -0.05) is 13.8 Å². The van der Waals surface area contributed by atoms with Crippen LogP contribution in [0.15, 0.2) is 5.38 Å². The number of urea groups is 1. The molecule has 0 fully saturated rings. The van der Waals surface area contributed by atoms with E-state index < -0.39 is 11.9 Å². The Labute approximate surface area is 122 Å². The van der Waals surface area contributed by atoms with E-state index in [4.69, 9.17) is 5.11 Å². The lowest BCUT2D eigenvalue weighted by atomic mass is 10.2. The summed E-state index contributed by atoms with van der Waals surface area (Å²) in [5.74, 6) is -1.34. The van der Waals surface area contributed by atoms with Gasteiger partial charge in [0.15, 0.2) is 0 Å². The topological polar surface area (TPSA) is 82.5 Å². The summed E-state index contributed by atoms with van der Waals surface area (Å²) in [7, 11) is 1.59. The zero-order valence-corrected chi connectivity index (χ0v) is 13.0. The molecule has 0 aliphatic carbocycles. The van der Waals surface area contributed by atoms with Crippen molar-refractivity contribution in [2.24, 2.45) is 5.92 Å². The van der Waals surface area contributed by atoms with Crippen molar-refractivity contribution < 1.29 is 14.7 Å². The van der Waals surface area contributed by atoms with Crippen molar-refractivity contribution in [3.8, 4) is 0 Å². The lowest BCUT2D eigenvalue weighted by Gasteiger charge is -2.21. The number of nitrogens with one attached hydrogen (secondary N) is 1. The molecule has 2 N–H and O–H groups in total. The number of thiazole rings is 1. The zero-order chi connectivity index (χ0) is 15.3. The molecule has 0 bridgehead atoms. The molecule has 7 heteroatoms. The van der Waals surface area contributed by atoms with Gasteiger partial charge in [0.25, 0.3) is 0 Å². The fraction of sp³-hybridized carbons (Fsp3) is 0.615. The molecule has 0 spiro atoms. The van der Waals surface area contributed by atoms with Gasteiger partial charge in [0.1, 0.15) is 0 Å². The predicted molar refractivity (Wildman–Crippen MR) is 78.1 cm³/mol. The second-order valence-corrected chi connectivity index (χ2v) is 5.92. The number of hydrogen-bond acceptors (Lipinski definition) is 4. The summed E-state index contributed by atoms with van der Waals surface area (Å²) in [6, 6.07) is -0.266. The monoisotopic (exact) mass is 299 g/mol. The van der Waals surface area contributed by atoms with E-state index in [1.807, 2.05) is 19.2 Å². The van der Waals surface area contributed by atoms with Gasteiger partial charge in [-0.3, -0.25) is 4.79 Å². The molecular formula is C13H21N3O3S. The Morgan fingerprint density at radius 2 is 2.15 bits per heavy atom. The smallest absolute Gasteiger partial charge is 0.317 e. The number of amides is 2. The standard InChI is InChI=1S/C13H21N3O3S/c1-8(11-15-10(3)7-20-11)5-14-13(19)16(4)6-9(2)12(17)18/h7-9H,5-6H2,1-4H3,(H,14,19)(H,17,18). The maximum absolute atomic E-state index is 11.8. The highest BCUT2D eigenvalue weighted by atomic mass is 32.1. The number of aryl methyl sites for hydroxylation is 1. The van der Waals surface area contributed by atoms with Crippen molar-refractivity contribution in [3.05, 3.63) is 16.1 Å². The summed E-state index contributed by atoms with van der Waals surface area (Å²) in [5, 5.41) is 14.6. The maximum Gasteiger partial charge on any atom is 0.317 e. The van der Waals surface area contributed by atoms with E-state index in [1.165, 1.54) is 4.90 Å². The average molecular weight is 299 g/mol. The lowest BCUT2D eigenvalue weighted by Crippen LogP contribution is -2.41. The van der Waals surface area contributed by atoms with Crippen LogP contribution >= 0.6 is 11.3 Å². The van der Waals surface area contributed by atoms with Crippen LogP contribution in [-0.2, 0) is 4.79 Å². The molecule has 1 aromatic heterocycles. The first-order valence-corrected chi connectivity index (χ1v) is 7.33. The lowest BCUT2D eigenvalue weighted by molar-refractivity contribution is -0.141. The molecule has 1 heterocycles. The molecule has 1 rings (SSSR count). The van der Waals surface area contributed by atoms with E-state index in [0.29, 0.717) is 6.54 Å². The summed E-state index contributed by atoms with van der Waals surface area (Å²) < 4.78 is 0. The van der Waals surface area contributed by atoms with Crippen molar-refractivity contribution in [1.82, 2.24) is 15.2 Å². The average Bonchev–Trinajstić information content (AvgIpc) is 2.81. The molecule has 20 heavy (non-hydrogen) atoms. The van der Waals surface area contributed by atoms with Gasteiger partial charge in [-0.15, -0.1) is 11.3 Å². The Morgan fingerprint density at radius 3 is 2.65 bits per heavy atom. The van der Waals surface area contributed by atoms with Crippen molar-refractivity contribution in [2.75, 3.05) is 20.1 Å². The van der Waals surface area contributed by atoms with Crippen molar-refractivity contribution in [3.63, 3.8) is 0 Å². The van der Waals surface area contributed by atoms with Gasteiger partial charge in [0.2, 0.25) is 0 Å². The molecular weight excluding hydrogens is 278 g/mol. The fourth-order valence-electron chi connectivity index (χ4n) is 1.63. The van der Waals surface area contributed by atoms with Crippen LogP contribution in [0, 0.1) is 12.8 Å². The minimum atomic E-state index is -0.906. The highest BCUT2D eigenvalue weighted by Crippen LogP contribution is 2.18. The summed E-state index contributed by atoms with van der Waals surface area (Å²) >= 11 is 1.58. The zero-order valence-electron chi connectivity index (χ0n) is 12.2. The SMILES string of the molecule is Cc1csc(C(C)CNC(=O)N(C)CC(C)C(=O)O)n1. The van der Waals surface area contributed by atoms with Gasteiger partial charge < -0.3 is 15.3 Å². The molecule has 1 aromatic rings. The number of carbonyl (C=O) groups excluding carboxylic acids is 1. The molecule has 2 atom stereocenters. The fourth-order valence-corrected chi connectivity index (χ4v) is 2.49. The number of aromatic nitrogens is 1. The molecule has 6 nitrogen and oxygen atoms in total. The van der Waals surface area contributed by atoms with Crippen LogP contribution in [0.2, 0.25) is 0 Å². The van der Waals surface area contributed by atoms with Crippen LogP contribution in [0.1, 0.15) is 30.5 Å². The number of carboxylic acid groups (broad SMARTS) is 1. The van der Waals surface area contributed by atoms with E-state index in [2.05, 4.69) is 10.3 Å². The van der Waals surface area contributed by atoms with Crippen LogP contribution in [0.3, 0.4) is 0 Å². The van der Waals surface area contributed by atoms with Crippen LogP contribution in [-0.4, -0.2) is 47.1 Å². The predicted octanol–water partition coefficient (Wildman–Crippen LogP) is 1.92. The quantitative estimate of drug-likeness (QED) is 0.840. The number of carboxylic acids is 1. The molecule has 0 saturated heterocycles. The number of carbonyl (C=O) groups is 2. The molecule has 0 aliphatic rings. The number of aliphatic carboxylic acids is 1. The maximum atomic E-state index is 11.8. The van der Waals surface area contributed by atoms with Crippen LogP contribution < -0.4 is 5.32 Å². The molecule has 0 aliphatic heterocycles. The molecule has 2 amide bonds. The first-order chi connectivity index (χ1) is 9.31. The van der Waals surface area contributed by atoms with Crippen LogP contribution in [0.25, 0.3) is 0 Å². The van der Waals surface area contributed by atoms with E-state index >= 15 is 0 Å². The Morgan fingerprint density at radius 1 is 1.50 bits per heavy atom. The van der Waals surface area contributed by atoms with E-state index in [9.17, 15) is 9.59 Å². The molecule has 112 valence electrons. The van der Waals surface area contributed by atoms with Gasteiger partial charge in [-0.2, -0.15) is 0 Å². The number of hydrogen-bond donors (Lipinski definition) is 2. The van der Waals surface area contributed by atoms with E-state index in [0.717, 1.165) is 10.7 Å². The number of nitrogens with zero attached hydrogens (tertiary/aromatic N) is 2. The number of rotatable bonds is 6. The summed E-state index contributed by atoms with van der Waals surface area (Å²) in [6.07, 6.45) is 0.